The van der Waals surface area contributed by atoms with Crippen LogP contribution in [0.3, 0.4) is 0 Å². The van der Waals surface area contributed by atoms with Crippen molar-refractivity contribution in [3.63, 3.8) is 0 Å². The normalized spacial score (nSPS) is 12.4. The number of hydrogen-bond donors (Lipinski definition) is 1. The van der Waals surface area contributed by atoms with Crippen LogP contribution in [0, 0.1) is 0 Å². The zero-order valence-corrected chi connectivity index (χ0v) is 18.1. The van der Waals surface area contributed by atoms with Crippen molar-refractivity contribution >= 4 is 33.2 Å². The van der Waals surface area contributed by atoms with Gasteiger partial charge in [-0.3, -0.25) is 9.10 Å². The fraction of sp³-hybridized carbons (Fsp3) is 0.381. The molecule has 0 saturated carbocycles. The molecule has 0 saturated heterocycles. The summed E-state index contributed by atoms with van der Waals surface area (Å²) in [4.78, 5) is 12.5. The SMILES string of the molecule is CCc1ccc(N([C@@H](C)C(=O)NCCCc2ccc(Cl)cc2)S(C)(=O)=O)cc1. The van der Waals surface area contributed by atoms with Gasteiger partial charge in [0.05, 0.1) is 11.9 Å². The molecule has 152 valence electrons. The van der Waals surface area contributed by atoms with Crippen LogP contribution in [0.15, 0.2) is 48.5 Å². The van der Waals surface area contributed by atoms with Gasteiger partial charge in [-0.15, -0.1) is 0 Å². The second kappa shape index (κ2) is 9.94. The summed E-state index contributed by atoms with van der Waals surface area (Å²) in [6.45, 7) is 4.10. The first-order valence-corrected chi connectivity index (χ1v) is 11.6. The lowest BCUT2D eigenvalue weighted by Crippen LogP contribution is -2.48. The average Bonchev–Trinajstić information content (AvgIpc) is 2.66. The van der Waals surface area contributed by atoms with Crippen LogP contribution in [0.5, 0.6) is 0 Å². The first kappa shape index (κ1) is 22.2. The summed E-state index contributed by atoms with van der Waals surface area (Å²) < 4.78 is 25.8. The maximum absolute atomic E-state index is 12.5. The molecule has 28 heavy (non-hydrogen) atoms. The quantitative estimate of drug-likeness (QED) is 0.625. The summed E-state index contributed by atoms with van der Waals surface area (Å²) in [5, 5.41) is 3.53. The van der Waals surface area contributed by atoms with Crippen molar-refractivity contribution in [1.82, 2.24) is 5.32 Å². The highest BCUT2D eigenvalue weighted by molar-refractivity contribution is 7.92. The fourth-order valence-corrected chi connectivity index (χ4v) is 4.29. The number of anilines is 1. The van der Waals surface area contributed by atoms with Gasteiger partial charge in [0.2, 0.25) is 15.9 Å². The Balaban J connectivity index is 1.97. The fourth-order valence-electron chi connectivity index (χ4n) is 2.99. The van der Waals surface area contributed by atoms with E-state index in [9.17, 15) is 13.2 Å². The van der Waals surface area contributed by atoms with E-state index in [1.807, 2.05) is 43.3 Å². The van der Waals surface area contributed by atoms with E-state index in [2.05, 4.69) is 5.32 Å². The summed E-state index contributed by atoms with van der Waals surface area (Å²) >= 11 is 5.87. The van der Waals surface area contributed by atoms with E-state index in [0.29, 0.717) is 17.3 Å². The Kier molecular flexibility index (Phi) is 7.89. The molecule has 0 aromatic heterocycles. The molecule has 1 atom stereocenters. The minimum absolute atomic E-state index is 0.318. The van der Waals surface area contributed by atoms with Crippen molar-refractivity contribution in [3.05, 3.63) is 64.7 Å². The van der Waals surface area contributed by atoms with Crippen LogP contribution in [0.1, 0.15) is 31.4 Å². The Hall–Kier alpha value is -2.05. The lowest BCUT2D eigenvalue weighted by Gasteiger charge is -2.28. The molecule has 0 aliphatic heterocycles. The van der Waals surface area contributed by atoms with E-state index in [0.717, 1.165) is 36.6 Å². The lowest BCUT2D eigenvalue weighted by molar-refractivity contribution is -0.121. The first-order valence-electron chi connectivity index (χ1n) is 9.33. The van der Waals surface area contributed by atoms with Gasteiger partial charge in [0.15, 0.2) is 0 Å². The maximum Gasteiger partial charge on any atom is 0.243 e. The highest BCUT2D eigenvalue weighted by Gasteiger charge is 2.28. The van der Waals surface area contributed by atoms with Crippen molar-refractivity contribution < 1.29 is 13.2 Å². The summed E-state index contributed by atoms with van der Waals surface area (Å²) in [7, 11) is -3.60. The summed E-state index contributed by atoms with van der Waals surface area (Å²) in [5.74, 6) is -0.318. The Morgan fingerprint density at radius 3 is 2.18 bits per heavy atom. The van der Waals surface area contributed by atoms with Crippen LogP contribution >= 0.6 is 11.6 Å². The number of halogens is 1. The molecular formula is C21H27ClN2O3S. The second-order valence-electron chi connectivity index (χ2n) is 6.78. The van der Waals surface area contributed by atoms with Crippen LogP contribution in [-0.2, 0) is 27.7 Å². The van der Waals surface area contributed by atoms with Gasteiger partial charge >= 0.3 is 0 Å². The number of benzene rings is 2. The molecule has 2 aromatic rings. The number of hydrogen-bond acceptors (Lipinski definition) is 3. The van der Waals surface area contributed by atoms with Gasteiger partial charge < -0.3 is 5.32 Å². The molecule has 0 radical (unpaired) electrons. The van der Waals surface area contributed by atoms with Gasteiger partial charge in [0.25, 0.3) is 0 Å². The molecule has 0 unspecified atom stereocenters. The highest BCUT2D eigenvalue weighted by atomic mass is 35.5. The molecule has 0 heterocycles. The Labute approximate surface area is 172 Å². The van der Waals surface area contributed by atoms with Crippen LogP contribution in [0.4, 0.5) is 5.69 Å². The molecule has 2 aromatic carbocycles. The summed E-state index contributed by atoms with van der Waals surface area (Å²) in [6.07, 6.45) is 3.54. The largest absolute Gasteiger partial charge is 0.354 e. The molecule has 1 N–H and O–H groups in total. The third-order valence-electron chi connectivity index (χ3n) is 4.54. The molecule has 0 aliphatic rings. The third-order valence-corrected chi connectivity index (χ3v) is 6.04. The van der Waals surface area contributed by atoms with E-state index in [-0.39, 0.29) is 5.91 Å². The summed E-state index contributed by atoms with van der Waals surface area (Å²) in [5.41, 5.74) is 2.74. The zero-order chi connectivity index (χ0) is 20.7. The Morgan fingerprint density at radius 2 is 1.64 bits per heavy atom. The van der Waals surface area contributed by atoms with Crippen LogP contribution in [0.25, 0.3) is 0 Å². The number of carbonyl (C=O) groups excluding carboxylic acids is 1. The van der Waals surface area contributed by atoms with Crippen molar-refractivity contribution in [1.29, 1.82) is 0 Å². The number of nitrogens with one attached hydrogen (secondary N) is 1. The number of nitrogens with zero attached hydrogens (tertiary/aromatic N) is 1. The van der Waals surface area contributed by atoms with Crippen molar-refractivity contribution in [2.75, 3.05) is 17.1 Å². The number of aryl methyl sites for hydroxylation is 2. The van der Waals surface area contributed by atoms with Crippen molar-refractivity contribution in [2.45, 2.75) is 39.2 Å². The average molecular weight is 423 g/mol. The van der Waals surface area contributed by atoms with E-state index in [1.165, 1.54) is 4.31 Å². The predicted molar refractivity (Wildman–Crippen MR) is 115 cm³/mol. The predicted octanol–water partition coefficient (Wildman–Crippen LogP) is 3.81. The van der Waals surface area contributed by atoms with E-state index < -0.39 is 16.1 Å². The van der Waals surface area contributed by atoms with E-state index in [1.54, 1.807) is 19.1 Å². The second-order valence-corrected chi connectivity index (χ2v) is 9.07. The first-order chi connectivity index (χ1) is 13.2. The summed E-state index contributed by atoms with van der Waals surface area (Å²) in [6, 6.07) is 14.0. The third kappa shape index (κ3) is 6.24. The highest BCUT2D eigenvalue weighted by Crippen LogP contribution is 2.21. The number of sulfonamides is 1. The van der Waals surface area contributed by atoms with Crippen molar-refractivity contribution in [3.8, 4) is 0 Å². The van der Waals surface area contributed by atoms with Gasteiger partial charge in [-0.1, -0.05) is 42.8 Å². The molecule has 0 spiro atoms. The van der Waals surface area contributed by atoms with Crippen LogP contribution < -0.4 is 9.62 Å². The smallest absolute Gasteiger partial charge is 0.243 e. The van der Waals surface area contributed by atoms with Gasteiger partial charge in [0.1, 0.15) is 6.04 Å². The monoisotopic (exact) mass is 422 g/mol. The van der Waals surface area contributed by atoms with Gasteiger partial charge in [0, 0.05) is 11.6 Å². The molecule has 1 amide bonds. The van der Waals surface area contributed by atoms with Gasteiger partial charge in [-0.05, 0) is 61.6 Å². The van der Waals surface area contributed by atoms with E-state index >= 15 is 0 Å². The molecule has 7 heteroatoms. The zero-order valence-electron chi connectivity index (χ0n) is 16.5. The standard InChI is InChI=1S/C21H27ClN2O3S/c1-4-17-9-13-20(14-10-17)24(28(3,26)27)16(2)21(25)23-15-5-6-18-7-11-19(22)12-8-18/h7-14,16H,4-6,15H2,1-3H3,(H,23,25)/t16-/m0/s1. The van der Waals surface area contributed by atoms with Gasteiger partial charge in [-0.2, -0.15) is 0 Å². The van der Waals surface area contributed by atoms with E-state index in [4.69, 9.17) is 11.6 Å². The Bertz CT molecular complexity index is 881. The van der Waals surface area contributed by atoms with Crippen molar-refractivity contribution in [2.24, 2.45) is 0 Å². The van der Waals surface area contributed by atoms with Crippen LogP contribution in [-0.4, -0.2) is 33.2 Å². The molecule has 0 aliphatic carbocycles. The lowest BCUT2D eigenvalue weighted by atomic mass is 10.1. The maximum atomic E-state index is 12.5. The molecule has 0 bridgehead atoms. The molecular weight excluding hydrogens is 396 g/mol. The van der Waals surface area contributed by atoms with Crippen LogP contribution in [0.2, 0.25) is 5.02 Å². The number of rotatable bonds is 9. The van der Waals surface area contributed by atoms with Gasteiger partial charge in [-0.25, -0.2) is 8.42 Å². The topological polar surface area (TPSA) is 66.5 Å². The number of carbonyl (C=O) groups is 1. The minimum Gasteiger partial charge on any atom is -0.354 e. The molecule has 0 fully saturated rings. The molecule has 2 rings (SSSR count). The number of amides is 1. The Morgan fingerprint density at radius 1 is 1.07 bits per heavy atom. The molecule has 5 nitrogen and oxygen atoms in total. The minimum atomic E-state index is -3.60.